The van der Waals surface area contributed by atoms with Crippen molar-refractivity contribution in [3.8, 4) is 22.9 Å². The second-order valence-corrected chi connectivity index (χ2v) is 9.42. The molecule has 2 heterocycles. The zero-order valence-electron chi connectivity index (χ0n) is 23.3. The van der Waals surface area contributed by atoms with Gasteiger partial charge in [-0.1, -0.05) is 11.6 Å². The summed E-state index contributed by atoms with van der Waals surface area (Å²) in [7, 11) is 2.70. The summed E-state index contributed by atoms with van der Waals surface area (Å²) in [4.78, 5) is 24.2. The van der Waals surface area contributed by atoms with Crippen molar-refractivity contribution >= 4 is 29.7 Å². The van der Waals surface area contributed by atoms with Gasteiger partial charge < -0.3 is 27.9 Å². The SMILES string of the molecule is COC(=O)[C@H](C)Oc1c(Cl)cc(/C=N/NC(=O)c2ccc(COc3ccc(-n4c(C)ccc4C)cc3)o2)cc1OC. The molecule has 0 radical (unpaired) electrons. The quantitative estimate of drug-likeness (QED) is 0.139. The number of hydrogen-bond acceptors (Lipinski definition) is 8. The van der Waals surface area contributed by atoms with Gasteiger partial charge in [0, 0.05) is 17.1 Å². The number of amides is 1. The lowest BCUT2D eigenvalue weighted by atomic mass is 10.2. The smallest absolute Gasteiger partial charge is 0.346 e. The van der Waals surface area contributed by atoms with Crippen LogP contribution in [-0.2, 0) is 16.1 Å². The molecule has 0 spiro atoms. The minimum Gasteiger partial charge on any atom is -0.493 e. The van der Waals surface area contributed by atoms with Gasteiger partial charge in [-0.3, -0.25) is 4.79 Å². The molecule has 1 N–H and O–H groups in total. The molecular weight excluding hydrogens is 550 g/mol. The van der Waals surface area contributed by atoms with E-state index in [1.807, 2.05) is 24.3 Å². The van der Waals surface area contributed by atoms with E-state index in [2.05, 4.69) is 45.8 Å². The van der Waals surface area contributed by atoms with E-state index in [-0.39, 0.29) is 28.9 Å². The Morgan fingerprint density at radius 3 is 2.41 bits per heavy atom. The number of carbonyl (C=O) groups excluding carboxylic acids is 2. The maximum absolute atomic E-state index is 12.5. The number of nitrogens with one attached hydrogen (secondary N) is 1. The van der Waals surface area contributed by atoms with Crippen molar-refractivity contribution in [2.24, 2.45) is 5.10 Å². The molecule has 41 heavy (non-hydrogen) atoms. The number of hydrogen-bond donors (Lipinski definition) is 1. The van der Waals surface area contributed by atoms with Crippen LogP contribution in [0, 0.1) is 13.8 Å². The van der Waals surface area contributed by atoms with Crippen molar-refractivity contribution in [1.82, 2.24) is 9.99 Å². The van der Waals surface area contributed by atoms with Crippen LogP contribution in [0.25, 0.3) is 5.69 Å². The molecule has 1 amide bonds. The number of halogens is 1. The Balaban J connectivity index is 1.32. The fourth-order valence-corrected chi connectivity index (χ4v) is 4.30. The average molecular weight is 580 g/mol. The van der Waals surface area contributed by atoms with E-state index in [0.717, 1.165) is 17.1 Å². The van der Waals surface area contributed by atoms with Crippen LogP contribution in [0.1, 0.15) is 40.2 Å². The van der Waals surface area contributed by atoms with Gasteiger partial charge in [0.1, 0.15) is 18.1 Å². The average Bonchev–Trinajstić information content (AvgIpc) is 3.58. The van der Waals surface area contributed by atoms with E-state index < -0.39 is 18.0 Å². The summed E-state index contributed by atoms with van der Waals surface area (Å²) in [6, 6.07) is 18.3. The normalized spacial score (nSPS) is 11.8. The van der Waals surface area contributed by atoms with E-state index in [1.54, 1.807) is 24.3 Å². The minimum atomic E-state index is -0.891. The van der Waals surface area contributed by atoms with E-state index in [9.17, 15) is 9.59 Å². The van der Waals surface area contributed by atoms with Crippen LogP contribution in [0.15, 0.2) is 70.2 Å². The van der Waals surface area contributed by atoms with Crippen LogP contribution >= 0.6 is 11.6 Å². The second-order valence-electron chi connectivity index (χ2n) is 9.02. The number of methoxy groups -OCH3 is 2. The molecule has 10 nitrogen and oxygen atoms in total. The third-order valence-corrected chi connectivity index (χ3v) is 6.37. The molecule has 0 fully saturated rings. The Labute approximate surface area is 242 Å². The molecule has 0 bridgehead atoms. The van der Waals surface area contributed by atoms with Gasteiger partial charge in [0.25, 0.3) is 0 Å². The molecule has 2 aromatic carbocycles. The van der Waals surface area contributed by atoms with E-state index in [0.29, 0.717) is 17.1 Å². The van der Waals surface area contributed by atoms with Crippen LogP contribution in [-0.4, -0.2) is 43.0 Å². The van der Waals surface area contributed by atoms with Gasteiger partial charge in [-0.05, 0) is 87.0 Å². The molecule has 214 valence electrons. The number of esters is 1. The fourth-order valence-electron chi connectivity index (χ4n) is 4.04. The molecule has 11 heteroatoms. The lowest BCUT2D eigenvalue weighted by Gasteiger charge is -2.16. The number of ether oxygens (including phenoxy) is 4. The highest BCUT2D eigenvalue weighted by molar-refractivity contribution is 6.32. The minimum absolute atomic E-state index is 0.0748. The zero-order valence-corrected chi connectivity index (χ0v) is 24.0. The highest BCUT2D eigenvalue weighted by Gasteiger charge is 2.20. The van der Waals surface area contributed by atoms with Crippen LogP contribution in [0.4, 0.5) is 0 Å². The van der Waals surface area contributed by atoms with Crippen LogP contribution in [0.2, 0.25) is 5.02 Å². The number of aryl methyl sites for hydroxylation is 2. The van der Waals surface area contributed by atoms with Crippen LogP contribution in [0.5, 0.6) is 17.2 Å². The highest BCUT2D eigenvalue weighted by Crippen LogP contribution is 2.37. The summed E-state index contributed by atoms with van der Waals surface area (Å²) in [5.74, 6) is 0.588. The van der Waals surface area contributed by atoms with Gasteiger partial charge in [-0.25, -0.2) is 10.2 Å². The van der Waals surface area contributed by atoms with Crippen molar-refractivity contribution in [1.29, 1.82) is 0 Å². The molecule has 4 rings (SSSR count). The summed E-state index contributed by atoms with van der Waals surface area (Å²) in [5, 5.41) is 4.15. The second kappa shape index (κ2) is 13.1. The van der Waals surface area contributed by atoms with Gasteiger partial charge in [0.2, 0.25) is 0 Å². The molecule has 0 saturated heterocycles. The first kappa shape index (κ1) is 29.3. The first-order valence-electron chi connectivity index (χ1n) is 12.6. The summed E-state index contributed by atoms with van der Waals surface area (Å²) >= 11 is 6.33. The number of carbonyl (C=O) groups is 2. The van der Waals surface area contributed by atoms with Crippen LogP contribution < -0.4 is 19.6 Å². The predicted molar refractivity (Wildman–Crippen MR) is 153 cm³/mol. The van der Waals surface area contributed by atoms with E-state index in [4.69, 9.17) is 30.2 Å². The van der Waals surface area contributed by atoms with Gasteiger partial charge in [-0.2, -0.15) is 5.10 Å². The summed E-state index contributed by atoms with van der Waals surface area (Å²) in [5.41, 5.74) is 6.28. The maximum atomic E-state index is 12.5. The number of rotatable bonds is 11. The fraction of sp³-hybridized carbons (Fsp3) is 0.233. The third kappa shape index (κ3) is 7.09. The van der Waals surface area contributed by atoms with E-state index in [1.165, 1.54) is 27.4 Å². The Kier molecular flexibility index (Phi) is 9.36. The summed E-state index contributed by atoms with van der Waals surface area (Å²) in [6.07, 6.45) is 0.491. The van der Waals surface area contributed by atoms with Crippen LogP contribution in [0.3, 0.4) is 0 Å². The Morgan fingerprint density at radius 1 is 1.05 bits per heavy atom. The first-order valence-corrected chi connectivity index (χ1v) is 13.0. The largest absolute Gasteiger partial charge is 0.493 e. The van der Waals surface area contributed by atoms with Gasteiger partial charge >= 0.3 is 11.9 Å². The monoisotopic (exact) mass is 579 g/mol. The third-order valence-electron chi connectivity index (χ3n) is 6.09. The van der Waals surface area contributed by atoms with Crippen molar-refractivity contribution in [2.45, 2.75) is 33.5 Å². The van der Waals surface area contributed by atoms with Gasteiger partial charge in [0.05, 0.1) is 25.5 Å². The Morgan fingerprint density at radius 2 is 1.76 bits per heavy atom. The molecule has 2 aromatic heterocycles. The lowest BCUT2D eigenvalue weighted by molar-refractivity contribution is -0.147. The number of aromatic nitrogens is 1. The Hall–Kier alpha value is -4.70. The molecular formula is C30H30ClN3O7. The predicted octanol–water partition coefficient (Wildman–Crippen LogP) is 5.63. The molecule has 0 aliphatic carbocycles. The van der Waals surface area contributed by atoms with E-state index >= 15 is 0 Å². The van der Waals surface area contributed by atoms with Gasteiger partial charge in [0.15, 0.2) is 23.4 Å². The molecule has 0 aliphatic rings. The highest BCUT2D eigenvalue weighted by atomic mass is 35.5. The number of nitrogens with zero attached hydrogens (tertiary/aromatic N) is 2. The number of furan rings is 1. The standard InChI is InChI=1S/C30H30ClN3O7/c1-18-6-7-19(2)34(18)22-8-10-23(11-9-22)39-17-24-12-13-26(41-24)29(35)33-32-16-21-14-25(31)28(27(15-21)37-4)40-20(3)30(36)38-5/h6-16,20H,17H2,1-5H3,(H,33,35)/b32-16+/t20-/m0/s1. The zero-order chi connectivity index (χ0) is 29.5. The van der Waals surface area contributed by atoms with Crippen molar-refractivity contribution in [3.05, 3.63) is 94.2 Å². The van der Waals surface area contributed by atoms with Crippen molar-refractivity contribution < 1.29 is 33.0 Å². The maximum Gasteiger partial charge on any atom is 0.346 e. The lowest BCUT2D eigenvalue weighted by Crippen LogP contribution is -2.25. The topological polar surface area (TPSA) is 114 Å². The van der Waals surface area contributed by atoms with Gasteiger partial charge in [-0.15, -0.1) is 0 Å². The number of hydrazone groups is 1. The summed E-state index contributed by atoms with van der Waals surface area (Å²) in [6.45, 7) is 5.80. The molecule has 1 atom stereocenters. The molecule has 0 saturated carbocycles. The Bertz CT molecular complexity index is 1540. The summed E-state index contributed by atoms with van der Waals surface area (Å²) < 4.78 is 29.2. The van der Waals surface area contributed by atoms with Crippen molar-refractivity contribution in [3.63, 3.8) is 0 Å². The molecule has 4 aromatic rings. The van der Waals surface area contributed by atoms with Crippen molar-refractivity contribution in [2.75, 3.05) is 14.2 Å². The first-order chi connectivity index (χ1) is 19.7. The molecule has 0 aliphatic heterocycles. The number of benzene rings is 2. The molecule has 0 unspecified atom stereocenters.